The largest absolute Gasteiger partial charge is 0.500 e. The molecule has 2 atom stereocenters. The van der Waals surface area contributed by atoms with Crippen LogP contribution in [0.5, 0.6) is 0 Å². The van der Waals surface area contributed by atoms with Crippen molar-refractivity contribution in [1.82, 2.24) is 0 Å². The number of ether oxygens (including phenoxy) is 1. The maximum Gasteiger partial charge on any atom is 0.500 e. The molecule has 158 valence electrons. The van der Waals surface area contributed by atoms with Gasteiger partial charge in [0.05, 0.1) is 11.8 Å². The van der Waals surface area contributed by atoms with E-state index in [1.807, 2.05) is 0 Å². The van der Waals surface area contributed by atoms with E-state index < -0.39 is 41.4 Å². The Morgan fingerprint density at radius 2 is 0.963 bits per heavy atom. The summed E-state index contributed by atoms with van der Waals surface area (Å²) in [6.07, 6.45) is 2.30. The molecule has 0 spiro atoms. The number of rotatable bonds is 14. The van der Waals surface area contributed by atoms with Crippen molar-refractivity contribution in [2.45, 2.75) is 37.8 Å². The zero-order chi connectivity index (χ0) is 20.5. The van der Waals surface area contributed by atoms with Crippen molar-refractivity contribution in [2.75, 3.05) is 42.7 Å². The summed E-state index contributed by atoms with van der Waals surface area (Å²) in [5, 5.41) is 0. The van der Waals surface area contributed by atoms with Gasteiger partial charge in [-0.05, 0) is 25.7 Å². The monoisotopic (exact) mass is 424 g/mol. The van der Waals surface area contributed by atoms with Gasteiger partial charge < -0.3 is 31.3 Å². The van der Waals surface area contributed by atoms with Gasteiger partial charge in [-0.15, -0.1) is 0 Å². The molecule has 1 aliphatic rings. The lowest BCUT2D eigenvalue weighted by Crippen LogP contribution is -2.43. The smallest absolute Gasteiger partial charge is 0.393 e. The topological polar surface area (TPSA) is 98.8 Å². The van der Waals surface area contributed by atoms with Crippen molar-refractivity contribution < 1.29 is 40.9 Å². The van der Waals surface area contributed by atoms with Gasteiger partial charge in [-0.3, -0.25) is 9.59 Å². The van der Waals surface area contributed by atoms with Crippen molar-refractivity contribution >= 4 is 29.5 Å². The molecular weight excluding hydrogens is 392 g/mol. The second kappa shape index (κ2) is 11.4. The van der Waals surface area contributed by atoms with Crippen molar-refractivity contribution in [3.05, 3.63) is 0 Å². The van der Waals surface area contributed by atoms with Crippen molar-refractivity contribution in [3.8, 4) is 0 Å². The number of hydrogen-bond donors (Lipinski definition) is 0. The van der Waals surface area contributed by atoms with Crippen LogP contribution in [-0.2, 0) is 40.9 Å². The Balaban J connectivity index is 2.62. The number of hydrogen-bond acceptors (Lipinski definition) is 9. The summed E-state index contributed by atoms with van der Waals surface area (Å²) in [6.45, 7) is 0. The molecule has 9 nitrogen and oxygen atoms in total. The highest BCUT2D eigenvalue weighted by Crippen LogP contribution is 2.34. The molecule has 11 heteroatoms. The average Bonchev–Trinajstić information content (AvgIpc) is 2.96. The lowest BCUT2D eigenvalue weighted by Gasteiger charge is -2.25. The van der Waals surface area contributed by atoms with E-state index in [0.29, 0.717) is 37.8 Å². The molecule has 27 heavy (non-hydrogen) atoms. The van der Waals surface area contributed by atoms with Crippen LogP contribution in [0.1, 0.15) is 25.7 Å². The normalized spacial score (nSPS) is 21.0. The standard InChI is InChI=1S/C16H32O9Si2/c1-19-26(20-2,21-3)11-7-9-13-14(16(18)25-15(13)17)10-8-12-27(22-4,23-5)24-6/h13-14H,7-12H2,1-6H3. The Morgan fingerprint density at radius 3 is 1.22 bits per heavy atom. The minimum absolute atomic E-state index is 0.460. The minimum atomic E-state index is -2.70. The molecule has 0 aromatic heterocycles. The molecule has 0 amide bonds. The Bertz CT molecular complexity index is 422. The second-order valence-electron chi connectivity index (χ2n) is 6.33. The van der Waals surface area contributed by atoms with Crippen LogP contribution >= 0.6 is 0 Å². The maximum atomic E-state index is 12.1. The zero-order valence-corrected chi connectivity index (χ0v) is 19.1. The molecule has 1 aliphatic heterocycles. The van der Waals surface area contributed by atoms with Crippen molar-refractivity contribution in [3.63, 3.8) is 0 Å². The quantitative estimate of drug-likeness (QED) is 0.234. The second-order valence-corrected chi connectivity index (χ2v) is 12.5. The van der Waals surface area contributed by atoms with E-state index in [2.05, 4.69) is 0 Å². The fourth-order valence-corrected chi connectivity index (χ4v) is 6.91. The summed E-state index contributed by atoms with van der Waals surface area (Å²) >= 11 is 0. The molecule has 0 radical (unpaired) electrons. The van der Waals surface area contributed by atoms with Crippen LogP contribution in [0.3, 0.4) is 0 Å². The first kappa shape index (κ1) is 24.4. The predicted octanol–water partition coefficient (Wildman–Crippen LogP) is 1.62. The third-order valence-corrected chi connectivity index (χ3v) is 10.8. The van der Waals surface area contributed by atoms with Crippen LogP contribution in [-0.4, -0.2) is 72.2 Å². The van der Waals surface area contributed by atoms with Crippen LogP contribution in [0, 0.1) is 11.8 Å². The molecule has 0 N–H and O–H groups in total. The van der Waals surface area contributed by atoms with E-state index >= 15 is 0 Å². The fourth-order valence-electron chi connectivity index (χ4n) is 3.41. The summed E-state index contributed by atoms with van der Waals surface area (Å²) in [5.41, 5.74) is 0. The average molecular weight is 425 g/mol. The molecule has 0 aromatic carbocycles. The van der Waals surface area contributed by atoms with Gasteiger partial charge >= 0.3 is 29.5 Å². The van der Waals surface area contributed by atoms with Crippen LogP contribution in [0.15, 0.2) is 0 Å². The van der Waals surface area contributed by atoms with Crippen LogP contribution in [0.4, 0.5) is 0 Å². The van der Waals surface area contributed by atoms with Crippen LogP contribution < -0.4 is 0 Å². The molecule has 0 bridgehead atoms. The Hall–Kier alpha value is -0.666. The lowest BCUT2D eigenvalue weighted by molar-refractivity contribution is -0.153. The first-order valence-corrected chi connectivity index (χ1v) is 12.8. The van der Waals surface area contributed by atoms with Crippen LogP contribution in [0.25, 0.3) is 0 Å². The highest BCUT2D eigenvalue weighted by atomic mass is 28.4. The number of esters is 2. The first-order chi connectivity index (χ1) is 12.9. The number of carbonyl (C=O) groups is 2. The summed E-state index contributed by atoms with van der Waals surface area (Å²) < 4.78 is 37.2. The van der Waals surface area contributed by atoms with Gasteiger partial charge in [0.2, 0.25) is 0 Å². The molecule has 1 fully saturated rings. The van der Waals surface area contributed by atoms with Gasteiger partial charge in [-0.2, -0.15) is 0 Å². The molecule has 1 saturated heterocycles. The lowest BCUT2D eigenvalue weighted by atomic mass is 9.87. The van der Waals surface area contributed by atoms with Gasteiger partial charge in [-0.1, -0.05) is 0 Å². The zero-order valence-electron chi connectivity index (χ0n) is 17.1. The van der Waals surface area contributed by atoms with Gasteiger partial charge in [0.15, 0.2) is 0 Å². The summed E-state index contributed by atoms with van der Waals surface area (Å²) in [6, 6.07) is 1.13. The number of cyclic esters (lactones) is 2. The van der Waals surface area contributed by atoms with E-state index in [1.54, 1.807) is 42.7 Å². The molecular formula is C16H32O9Si2. The van der Waals surface area contributed by atoms with Gasteiger partial charge in [-0.25, -0.2) is 0 Å². The molecule has 1 heterocycles. The highest BCUT2D eigenvalue weighted by molar-refractivity contribution is 6.60. The SMILES string of the molecule is CO[Si](CCCC1C(=O)OC(=O)C1CCC[Si](OC)(OC)OC)(OC)OC. The van der Waals surface area contributed by atoms with E-state index in [9.17, 15) is 9.59 Å². The molecule has 0 saturated carbocycles. The van der Waals surface area contributed by atoms with Gasteiger partial charge in [0.25, 0.3) is 0 Å². The third-order valence-electron chi connectivity index (χ3n) is 5.15. The van der Waals surface area contributed by atoms with E-state index in [0.717, 1.165) is 0 Å². The Kier molecular flexibility index (Phi) is 10.3. The maximum absolute atomic E-state index is 12.1. The van der Waals surface area contributed by atoms with Crippen molar-refractivity contribution in [1.29, 1.82) is 0 Å². The summed E-state index contributed by atoms with van der Waals surface area (Å²) in [5.74, 6) is -1.84. The van der Waals surface area contributed by atoms with E-state index in [1.165, 1.54) is 0 Å². The van der Waals surface area contributed by atoms with E-state index in [-0.39, 0.29) is 0 Å². The molecule has 0 aromatic rings. The highest BCUT2D eigenvalue weighted by Gasteiger charge is 2.46. The molecule has 2 unspecified atom stereocenters. The first-order valence-electron chi connectivity index (χ1n) is 8.93. The van der Waals surface area contributed by atoms with Gasteiger partial charge in [0.1, 0.15) is 0 Å². The third kappa shape index (κ3) is 6.16. The minimum Gasteiger partial charge on any atom is -0.393 e. The Labute approximate surface area is 163 Å². The Morgan fingerprint density at radius 1 is 0.667 bits per heavy atom. The van der Waals surface area contributed by atoms with Crippen molar-refractivity contribution in [2.24, 2.45) is 11.8 Å². The fraction of sp³-hybridized carbons (Fsp3) is 0.875. The van der Waals surface area contributed by atoms with Crippen LogP contribution in [0.2, 0.25) is 12.1 Å². The molecule has 0 aliphatic carbocycles. The summed E-state index contributed by atoms with van der Waals surface area (Å²) in [4.78, 5) is 24.2. The predicted molar refractivity (Wildman–Crippen MR) is 99.7 cm³/mol. The van der Waals surface area contributed by atoms with Gasteiger partial charge in [0, 0.05) is 54.7 Å². The summed E-state index contributed by atoms with van der Waals surface area (Å²) in [7, 11) is 3.90. The molecule has 1 rings (SSSR count). The van der Waals surface area contributed by atoms with E-state index in [4.69, 9.17) is 31.3 Å². The number of carbonyl (C=O) groups excluding carboxylic acids is 2.